The third kappa shape index (κ3) is 4.30. The van der Waals surface area contributed by atoms with E-state index in [9.17, 15) is 0 Å². The van der Waals surface area contributed by atoms with Crippen LogP contribution in [0.1, 0.15) is 52.0 Å². The summed E-state index contributed by atoms with van der Waals surface area (Å²) in [5.41, 5.74) is 1.29. The van der Waals surface area contributed by atoms with Crippen molar-refractivity contribution in [2.45, 2.75) is 65.1 Å². The van der Waals surface area contributed by atoms with Crippen molar-refractivity contribution in [3.8, 4) is 0 Å². The van der Waals surface area contributed by atoms with Crippen molar-refractivity contribution in [1.29, 1.82) is 0 Å². The molecule has 4 nitrogen and oxygen atoms in total. The zero-order chi connectivity index (χ0) is 17.6. The molecule has 1 aromatic carbocycles. The monoisotopic (exact) mass is 338 g/mol. The Morgan fingerprint density at radius 1 is 1.16 bits per heavy atom. The summed E-state index contributed by atoms with van der Waals surface area (Å²) in [7, 11) is 0. The first-order chi connectivity index (χ1) is 12.2. The maximum atomic E-state index is 4.95. The molecule has 0 bridgehead atoms. The molecule has 2 heterocycles. The number of hydrogen-bond acceptors (Lipinski definition) is 4. The lowest BCUT2D eigenvalue weighted by Gasteiger charge is -2.36. The highest BCUT2D eigenvalue weighted by Crippen LogP contribution is 2.26. The van der Waals surface area contributed by atoms with E-state index in [-0.39, 0.29) is 0 Å². The Morgan fingerprint density at radius 3 is 2.68 bits per heavy atom. The van der Waals surface area contributed by atoms with E-state index >= 15 is 0 Å². The molecule has 1 aromatic heterocycles. The third-order valence-electron chi connectivity index (χ3n) is 5.10. The van der Waals surface area contributed by atoms with Crippen LogP contribution >= 0.6 is 0 Å². The Balaban J connectivity index is 1.85. The predicted octanol–water partition coefficient (Wildman–Crippen LogP) is 4.66. The van der Waals surface area contributed by atoms with Crippen molar-refractivity contribution in [2.24, 2.45) is 0 Å². The number of piperidine rings is 1. The topological polar surface area (TPSA) is 32.3 Å². The molecular weight excluding hydrogens is 308 g/mol. The normalized spacial score (nSPS) is 17.8. The van der Waals surface area contributed by atoms with Gasteiger partial charge in [0.25, 0.3) is 0 Å². The van der Waals surface area contributed by atoms with Crippen molar-refractivity contribution in [2.75, 3.05) is 16.3 Å². The lowest BCUT2D eigenvalue weighted by Crippen LogP contribution is -2.40. The first kappa shape index (κ1) is 17.7. The van der Waals surface area contributed by atoms with Crippen molar-refractivity contribution in [1.82, 2.24) is 9.97 Å². The van der Waals surface area contributed by atoms with Gasteiger partial charge in [0.1, 0.15) is 5.82 Å². The quantitative estimate of drug-likeness (QED) is 0.767. The van der Waals surface area contributed by atoms with Gasteiger partial charge in [0.2, 0.25) is 5.95 Å². The zero-order valence-electron chi connectivity index (χ0n) is 15.7. The second kappa shape index (κ2) is 8.32. The van der Waals surface area contributed by atoms with Crippen LogP contribution in [-0.2, 0) is 6.54 Å². The highest BCUT2D eigenvalue weighted by Gasteiger charge is 2.23. The number of aromatic nitrogens is 2. The summed E-state index contributed by atoms with van der Waals surface area (Å²) in [6, 6.07) is 13.6. The van der Waals surface area contributed by atoms with E-state index < -0.39 is 0 Å². The molecule has 25 heavy (non-hydrogen) atoms. The van der Waals surface area contributed by atoms with Gasteiger partial charge >= 0.3 is 0 Å². The molecule has 2 aromatic rings. The van der Waals surface area contributed by atoms with Gasteiger partial charge in [-0.15, -0.1) is 0 Å². The van der Waals surface area contributed by atoms with Crippen LogP contribution < -0.4 is 9.80 Å². The molecule has 1 saturated heterocycles. The van der Waals surface area contributed by atoms with Gasteiger partial charge in [-0.25, -0.2) is 4.98 Å². The van der Waals surface area contributed by atoms with Crippen LogP contribution in [0.25, 0.3) is 0 Å². The summed E-state index contributed by atoms with van der Waals surface area (Å²) in [5, 5.41) is 0. The van der Waals surface area contributed by atoms with Crippen molar-refractivity contribution < 1.29 is 0 Å². The van der Waals surface area contributed by atoms with E-state index in [0.29, 0.717) is 12.1 Å². The Hall–Kier alpha value is -2.10. The van der Waals surface area contributed by atoms with Gasteiger partial charge in [-0.1, -0.05) is 37.3 Å². The second-order valence-corrected chi connectivity index (χ2v) is 7.17. The number of benzene rings is 1. The van der Waals surface area contributed by atoms with Crippen LogP contribution in [0.2, 0.25) is 0 Å². The molecule has 0 spiro atoms. The van der Waals surface area contributed by atoms with Gasteiger partial charge in [0.15, 0.2) is 0 Å². The van der Waals surface area contributed by atoms with Crippen LogP contribution in [0.3, 0.4) is 0 Å². The molecule has 3 rings (SSSR count). The minimum atomic E-state index is 0.346. The van der Waals surface area contributed by atoms with E-state index in [0.717, 1.165) is 24.9 Å². The summed E-state index contributed by atoms with van der Waals surface area (Å²) < 4.78 is 0. The van der Waals surface area contributed by atoms with E-state index in [2.05, 4.69) is 72.0 Å². The van der Waals surface area contributed by atoms with E-state index in [1.165, 1.54) is 31.2 Å². The van der Waals surface area contributed by atoms with Crippen molar-refractivity contribution in [3.63, 3.8) is 0 Å². The molecule has 1 unspecified atom stereocenters. The summed E-state index contributed by atoms with van der Waals surface area (Å²) in [6.45, 7) is 8.62. The predicted molar refractivity (Wildman–Crippen MR) is 105 cm³/mol. The molecular formula is C21H30N4. The average molecular weight is 338 g/mol. The molecule has 1 fully saturated rings. The fourth-order valence-electron chi connectivity index (χ4n) is 3.63. The molecule has 0 aliphatic carbocycles. The van der Waals surface area contributed by atoms with Crippen LogP contribution in [0, 0.1) is 0 Å². The molecule has 1 aliphatic rings. The van der Waals surface area contributed by atoms with Gasteiger partial charge in [-0.3, -0.25) is 0 Å². The van der Waals surface area contributed by atoms with E-state index in [4.69, 9.17) is 4.98 Å². The van der Waals surface area contributed by atoms with Gasteiger partial charge in [-0.05, 0) is 51.2 Å². The standard InChI is InChI=1S/C21H30N4/c1-4-19-12-8-9-15-24(19)20-13-14-22-21(23-20)25(17(2)3)16-18-10-6-5-7-11-18/h5-7,10-11,13-14,17,19H,4,8-9,12,15-16H2,1-3H3. The number of rotatable bonds is 6. The minimum absolute atomic E-state index is 0.346. The van der Waals surface area contributed by atoms with Gasteiger partial charge in [-0.2, -0.15) is 4.98 Å². The Bertz CT molecular complexity index is 656. The smallest absolute Gasteiger partial charge is 0.227 e. The highest BCUT2D eigenvalue weighted by atomic mass is 15.3. The summed E-state index contributed by atoms with van der Waals surface area (Å²) >= 11 is 0. The first-order valence-electron chi connectivity index (χ1n) is 9.59. The Kier molecular flexibility index (Phi) is 5.90. The average Bonchev–Trinajstić information content (AvgIpc) is 2.66. The van der Waals surface area contributed by atoms with Gasteiger partial charge in [0.05, 0.1) is 0 Å². The summed E-state index contributed by atoms with van der Waals surface area (Å²) in [5.74, 6) is 1.91. The van der Waals surface area contributed by atoms with Crippen molar-refractivity contribution >= 4 is 11.8 Å². The minimum Gasteiger partial charge on any atom is -0.353 e. The van der Waals surface area contributed by atoms with Crippen molar-refractivity contribution in [3.05, 3.63) is 48.2 Å². The Morgan fingerprint density at radius 2 is 1.96 bits per heavy atom. The first-order valence-corrected chi connectivity index (χ1v) is 9.59. The fourth-order valence-corrected chi connectivity index (χ4v) is 3.63. The largest absolute Gasteiger partial charge is 0.353 e. The lowest BCUT2D eigenvalue weighted by molar-refractivity contribution is 0.446. The molecule has 1 aliphatic heterocycles. The maximum absolute atomic E-state index is 4.95. The molecule has 0 N–H and O–H groups in total. The molecule has 1 atom stereocenters. The van der Waals surface area contributed by atoms with Crippen LogP contribution in [0.5, 0.6) is 0 Å². The molecule has 0 amide bonds. The Labute approximate surface area is 151 Å². The fraction of sp³-hybridized carbons (Fsp3) is 0.524. The SMILES string of the molecule is CCC1CCCCN1c1ccnc(N(Cc2ccccc2)C(C)C)n1. The highest BCUT2D eigenvalue weighted by molar-refractivity contribution is 5.46. The maximum Gasteiger partial charge on any atom is 0.227 e. The molecule has 0 radical (unpaired) electrons. The van der Waals surface area contributed by atoms with Crippen LogP contribution in [0.15, 0.2) is 42.6 Å². The molecule has 0 saturated carbocycles. The van der Waals surface area contributed by atoms with Crippen LogP contribution in [-0.4, -0.2) is 28.6 Å². The number of anilines is 2. The number of nitrogens with zero attached hydrogens (tertiary/aromatic N) is 4. The third-order valence-corrected chi connectivity index (χ3v) is 5.10. The van der Waals surface area contributed by atoms with Gasteiger partial charge < -0.3 is 9.80 Å². The zero-order valence-corrected chi connectivity index (χ0v) is 15.7. The van der Waals surface area contributed by atoms with Crippen LogP contribution in [0.4, 0.5) is 11.8 Å². The van der Waals surface area contributed by atoms with E-state index in [1.807, 2.05) is 6.20 Å². The summed E-state index contributed by atoms with van der Waals surface area (Å²) in [4.78, 5) is 14.3. The molecule has 4 heteroatoms. The second-order valence-electron chi connectivity index (χ2n) is 7.17. The van der Waals surface area contributed by atoms with Gasteiger partial charge in [0, 0.05) is 31.4 Å². The molecule has 134 valence electrons. The lowest BCUT2D eigenvalue weighted by atomic mass is 10.0. The summed E-state index contributed by atoms with van der Waals surface area (Å²) in [6.07, 6.45) is 6.96. The number of hydrogen-bond donors (Lipinski definition) is 0. The van der Waals surface area contributed by atoms with E-state index in [1.54, 1.807) is 0 Å².